The molecule has 7 heteroatoms. The first kappa shape index (κ1) is 21.6. The first-order valence-electron chi connectivity index (χ1n) is 11.6. The molecule has 3 aromatic rings. The van der Waals surface area contributed by atoms with Gasteiger partial charge in [0.1, 0.15) is 5.00 Å². The Hall–Kier alpha value is -2.22. The molecule has 4 heterocycles. The second kappa shape index (κ2) is 9.33. The van der Waals surface area contributed by atoms with Gasteiger partial charge in [0.05, 0.1) is 5.00 Å². The molecule has 5 rings (SSSR count). The van der Waals surface area contributed by atoms with Crippen molar-refractivity contribution >= 4 is 39.4 Å². The van der Waals surface area contributed by atoms with Crippen LogP contribution in [-0.4, -0.2) is 22.8 Å². The van der Waals surface area contributed by atoms with Crippen molar-refractivity contribution in [3.63, 3.8) is 0 Å². The standard InChI is InChI=1S/C25H29N3O2S2/c1-2-16-17-7-3-4-8-21(17)31-24(16)27-23(30)20(29)10-9-19-18-11-12-26-15-22(18)32-25(19)28-13-5-6-14-28/h5-6,13-14,26H,2-4,7-12,15H2,1H3,(H,27,30). The Morgan fingerprint density at radius 3 is 2.62 bits per heavy atom. The molecule has 0 unspecified atom stereocenters. The van der Waals surface area contributed by atoms with Gasteiger partial charge in [-0.15, -0.1) is 22.7 Å². The van der Waals surface area contributed by atoms with Gasteiger partial charge < -0.3 is 15.2 Å². The molecule has 2 N–H and O–H groups in total. The van der Waals surface area contributed by atoms with Crippen LogP contribution in [0.2, 0.25) is 0 Å². The minimum Gasteiger partial charge on any atom is -0.315 e. The average Bonchev–Trinajstić information content (AvgIpc) is 3.54. The fourth-order valence-corrected chi connectivity index (χ4v) is 7.66. The molecule has 1 aliphatic heterocycles. The molecule has 3 aromatic heterocycles. The number of aromatic nitrogens is 1. The van der Waals surface area contributed by atoms with Gasteiger partial charge in [-0.05, 0) is 85.9 Å². The van der Waals surface area contributed by atoms with Crippen molar-refractivity contribution in [2.75, 3.05) is 11.9 Å². The summed E-state index contributed by atoms with van der Waals surface area (Å²) >= 11 is 3.47. The highest BCUT2D eigenvalue weighted by Gasteiger charge is 2.25. The molecule has 0 aromatic carbocycles. The van der Waals surface area contributed by atoms with Crippen LogP contribution in [0.15, 0.2) is 24.5 Å². The van der Waals surface area contributed by atoms with E-state index in [1.165, 1.54) is 49.9 Å². The van der Waals surface area contributed by atoms with E-state index in [1.807, 2.05) is 24.5 Å². The molecule has 0 fully saturated rings. The molecule has 2 aliphatic rings. The number of carbonyl (C=O) groups is 2. The largest absolute Gasteiger partial charge is 0.315 e. The number of carbonyl (C=O) groups excluding carboxylic acids is 2. The molecule has 1 aliphatic carbocycles. The fraction of sp³-hybridized carbons (Fsp3) is 0.440. The van der Waals surface area contributed by atoms with Crippen LogP contribution in [0, 0.1) is 0 Å². The van der Waals surface area contributed by atoms with Gasteiger partial charge >= 0.3 is 0 Å². The molecule has 0 saturated carbocycles. The highest BCUT2D eigenvalue weighted by Crippen LogP contribution is 2.38. The summed E-state index contributed by atoms with van der Waals surface area (Å²) in [7, 11) is 0. The zero-order valence-corrected chi connectivity index (χ0v) is 20.1. The van der Waals surface area contributed by atoms with Crippen LogP contribution in [0.4, 0.5) is 5.00 Å². The first-order valence-corrected chi connectivity index (χ1v) is 13.2. The quantitative estimate of drug-likeness (QED) is 0.490. The van der Waals surface area contributed by atoms with E-state index in [1.54, 1.807) is 22.7 Å². The first-order chi connectivity index (χ1) is 15.7. The van der Waals surface area contributed by atoms with Gasteiger partial charge in [0, 0.05) is 35.1 Å². The summed E-state index contributed by atoms with van der Waals surface area (Å²) in [4.78, 5) is 28.4. The fourth-order valence-electron chi connectivity index (χ4n) is 4.95. The van der Waals surface area contributed by atoms with Crippen LogP contribution in [0.5, 0.6) is 0 Å². The van der Waals surface area contributed by atoms with E-state index in [0.717, 1.165) is 43.8 Å². The maximum absolute atomic E-state index is 12.8. The molecular formula is C25H29N3O2S2. The van der Waals surface area contributed by atoms with Crippen molar-refractivity contribution in [1.82, 2.24) is 9.88 Å². The van der Waals surface area contributed by atoms with E-state index in [-0.39, 0.29) is 12.2 Å². The Kier molecular flexibility index (Phi) is 6.31. The van der Waals surface area contributed by atoms with E-state index in [4.69, 9.17) is 0 Å². The number of nitrogens with one attached hydrogen (secondary N) is 2. The maximum atomic E-state index is 12.8. The summed E-state index contributed by atoms with van der Waals surface area (Å²) in [5.74, 6) is -0.794. The van der Waals surface area contributed by atoms with E-state index < -0.39 is 5.91 Å². The van der Waals surface area contributed by atoms with Crippen LogP contribution in [0.1, 0.15) is 58.2 Å². The summed E-state index contributed by atoms with van der Waals surface area (Å²) < 4.78 is 2.13. The van der Waals surface area contributed by atoms with Crippen molar-refractivity contribution in [3.8, 4) is 5.00 Å². The molecule has 1 amide bonds. The van der Waals surface area contributed by atoms with E-state index >= 15 is 0 Å². The third kappa shape index (κ3) is 4.09. The number of hydrogen-bond donors (Lipinski definition) is 2. The molecule has 0 radical (unpaired) electrons. The molecule has 0 saturated heterocycles. The lowest BCUT2D eigenvalue weighted by Gasteiger charge is -2.14. The Morgan fingerprint density at radius 2 is 1.81 bits per heavy atom. The molecular weight excluding hydrogens is 438 g/mol. The third-order valence-electron chi connectivity index (χ3n) is 6.57. The Balaban J connectivity index is 1.31. The minimum atomic E-state index is -0.466. The summed E-state index contributed by atoms with van der Waals surface area (Å²) in [5.41, 5.74) is 5.25. The summed E-state index contributed by atoms with van der Waals surface area (Å²) in [6.45, 7) is 3.97. The van der Waals surface area contributed by atoms with Gasteiger partial charge in [0.25, 0.3) is 5.91 Å². The normalized spacial score (nSPS) is 15.3. The number of fused-ring (bicyclic) bond motifs is 2. The van der Waals surface area contributed by atoms with E-state index in [9.17, 15) is 9.59 Å². The second-order valence-electron chi connectivity index (χ2n) is 8.55. The zero-order valence-electron chi connectivity index (χ0n) is 18.5. The number of amides is 1. The van der Waals surface area contributed by atoms with Crippen LogP contribution in [0.3, 0.4) is 0 Å². The van der Waals surface area contributed by atoms with Crippen molar-refractivity contribution < 1.29 is 9.59 Å². The van der Waals surface area contributed by atoms with Gasteiger partial charge in [0.15, 0.2) is 0 Å². The average molecular weight is 468 g/mol. The highest BCUT2D eigenvalue weighted by atomic mass is 32.1. The molecule has 32 heavy (non-hydrogen) atoms. The third-order valence-corrected chi connectivity index (χ3v) is 9.11. The maximum Gasteiger partial charge on any atom is 0.292 e. The van der Waals surface area contributed by atoms with Crippen molar-refractivity contribution in [1.29, 1.82) is 0 Å². The number of Topliss-reactive ketones (excluding diaryl/α,β-unsaturated/α-hetero) is 1. The van der Waals surface area contributed by atoms with Crippen LogP contribution in [-0.2, 0) is 48.2 Å². The molecule has 0 spiro atoms. The number of rotatable bonds is 7. The number of anilines is 1. The van der Waals surface area contributed by atoms with Crippen molar-refractivity contribution in [3.05, 3.63) is 56.5 Å². The lowest BCUT2D eigenvalue weighted by atomic mass is 9.94. The summed E-state index contributed by atoms with van der Waals surface area (Å²) in [6, 6.07) is 4.04. The van der Waals surface area contributed by atoms with E-state index in [2.05, 4.69) is 22.1 Å². The second-order valence-corrected chi connectivity index (χ2v) is 10.7. The van der Waals surface area contributed by atoms with Crippen LogP contribution >= 0.6 is 22.7 Å². The monoisotopic (exact) mass is 467 g/mol. The summed E-state index contributed by atoms with van der Waals surface area (Å²) in [5, 5.41) is 8.48. The smallest absolute Gasteiger partial charge is 0.292 e. The number of thiophene rings is 2. The lowest BCUT2D eigenvalue weighted by molar-refractivity contribution is -0.134. The topological polar surface area (TPSA) is 63.1 Å². The number of aryl methyl sites for hydroxylation is 1. The zero-order chi connectivity index (χ0) is 22.1. The predicted molar refractivity (Wildman–Crippen MR) is 131 cm³/mol. The Bertz CT molecular complexity index is 1140. The minimum absolute atomic E-state index is 0.239. The molecule has 0 atom stereocenters. The SMILES string of the molecule is CCc1c(NC(=O)C(=O)CCc2c(-n3cccc3)sc3c2CCNC3)sc2c1CCCC2. The van der Waals surface area contributed by atoms with Crippen LogP contribution < -0.4 is 10.6 Å². The van der Waals surface area contributed by atoms with Gasteiger partial charge in [-0.1, -0.05) is 6.92 Å². The highest BCUT2D eigenvalue weighted by molar-refractivity contribution is 7.16. The summed E-state index contributed by atoms with van der Waals surface area (Å²) in [6.07, 6.45) is 11.4. The van der Waals surface area contributed by atoms with Gasteiger partial charge in [-0.2, -0.15) is 0 Å². The van der Waals surface area contributed by atoms with Crippen molar-refractivity contribution in [2.45, 2.75) is 64.8 Å². The van der Waals surface area contributed by atoms with Crippen LogP contribution in [0.25, 0.3) is 5.00 Å². The number of nitrogens with zero attached hydrogens (tertiary/aromatic N) is 1. The van der Waals surface area contributed by atoms with Gasteiger partial charge in [-0.3, -0.25) is 9.59 Å². The van der Waals surface area contributed by atoms with Gasteiger partial charge in [0.2, 0.25) is 5.78 Å². The molecule has 5 nitrogen and oxygen atoms in total. The number of hydrogen-bond acceptors (Lipinski definition) is 5. The predicted octanol–water partition coefficient (Wildman–Crippen LogP) is 4.83. The Morgan fingerprint density at radius 1 is 1.03 bits per heavy atom. The number of ketones is 1. The van der Waals surface area contributed by atoms with Gasteiger partial charge in [-0.25, -0.2) is 0 Å². The molecule has 0 bridgehead atoms. The molecule has 168 valence electrons. The lowest BCUT2D eigenvalue weighted by Crippen LogP contribution is -2.24. The Labute approximate surface area is 196 Å². The van der Waals surface area contributed by atoms with Crippen molar-refractivity contribution in [2.24, 2.45) is 0 Å². The van der Waals surface area contributed by atoms with E-state index in [0.29, 0.717) is 6.42 Å².